The third-order valence-corrected chi connectivity index (χ3v) is 8.27. The van der Waals surface area contributed by atoms with E-state index < -0.39 is 33.0 Å². The number of aromatic nitrogens is 1. The number of ketones is 1. The third kappa shape index (κ3) is 6.84. The number of Topliss-reactive ketones (excluding diaryl/α,β-unsaturated/α-hetero) is 1. The van der Waals surface area contributed by atoms with E-state index in [0.717, 1.165) is 0 Å². The Kier molecular flexibility index (Phi) is 9.15. The van der Waals surface area contributed by atoms with E-state index in [-0.39, 0.29) is 42.7 Å². The lowest BCUT2D eigenvalue weighted by molar-refractivity contribution is 0.0395. The van der Waals surface area contributed by atoms with E-state index in [4.69, 9.17) is 25.8 Å². The number of pyridine rings is 1. The molecule has 4 atom stereocenters. The molecule has 0 aliphatic carbocycles. The molecule has 1 aromatic carbocycles. The number of rotatable bonds is 11. The molecule has 2 heterocycles. The van der Waals surface area contributed by atoms with E-state index in [9.17, 15) is 19.2 Å². The molecule has 0 spiro atoms. The van der Waals surface area contributed by atoms with Gasteiger partial charge in [-0.3, -0.25) is 4.79 Å². The maximum atomic E-state index is 13.0. The number of halogens is 1. The van der Waals surface area contributed by atoms with Crippen molar-refractivity contribution in [3.05, 3.63) is 46.2 Å². The van der Waals surface area contributed by atoms with E-state index in [1.165, 1.54) is 7.11 Å². The standard InChI is InChI=1S/C27H37ClN2O7S/c1-16(31)14-36-20-9-8-17(12-21(20)35-7)19(32)10-11-27(6,33)22-13-18-23(24(28)29-22)37-15-26(18,5)30-38(34)25(2,3)4/h8-9,12-13,16,30-31,33H,10-11,14-15H2,1-7H3. The third-order valence-electron chi connectivity index (χ3n) is 6.26. The van der Waals surface area contributed by atoms with E-state index in [0.29, 0.717) is 28.4 Å². The summed E-state index contributed by atoms with van der Waals surface area (Å²) < 4.78 is 32.1. The number of hydrogen-bond donors (Lipinski definition) is 3. The minimum atomic E-state index is -1.48. The smallest absolute Gasteiger partial charge is 0.171 e. The van der Waals surface area contributed by atoms with E-state index >= 15 is 0 Å². The summed E-state index contributed by atoms with van der Waals surface area (Å²) in [6.45, 7) is 11.0. The Labute approximate surface area is 231 Å². The Morgan fingerprint density at radius 2 is 1.97 bits per heavy atom. The Morgan fingerprint density at radius 1 is 1.29 bits per heavy atom. The van der Waals surface area contributed by atoms with Crippen LogP contribution in [0.5, 0.6) is 17.2 Å². The van der Waals surface area contributed by atoms with Crippen molar-refractivity contribution in [2.75, 3.05) is 20.3 Å². The number of aliphatic hydroxyl groups excluding tert-OH is 1. The number of nitrogens with one attached hydrogen (secondary N) is 1. The molecule has 0 saturated carbocycles. The average Bonchev–Trinajstić information content (AvgIpc) is 3.17. The van der Waals surface area contributed by atoms with Gasteiger partial charge in [0.05, 0.1) is 40.2 Å². The maximum Gasteiger partial charge on any atom is 0.171 e. The summed E-state index contributed by atoms with van der Waals surface area (Å²) in [5.41, 5.74) is -0.958. The summed E-state index contributed by atoms with van der Waals surface area (Å²) in [6.07, 6.45) is -0.541. The zero-order valence-corrected chi connectivity index (χ0v) is 24.5. The monoisotopic (exact) mass is 568 g/mol. The molecule has 4 unspecified atom stereocenters. The average molecular weight is 569 g/mol. The largest absolute Gasteiger partial charge is 0.493 e. The zero-order valence-electron chi connectivity index (χ0n) is 22.9. The van der Waals surface area contributed by atoms with Gasteiger partial charge in [0, 0.05) is 17.5 Å². The number of carbonyl (C=O) groups excluding carboxylic acids is 1. The van der Waals surface area contributed by atoms with Crippen molar-refractivity contribution in [2.24, 2.45) is 0 Å². The Balaban J connectivity index is 1.79. The van der Waals surface area contributed by atoms with Crippen molar-refractivity contribution >= 4 is 28.4 Å². The van der Waals surface area contributed by atoms with E-state index in [2.05, 4.69) is 9.71 Å². The lowest BCUT2D eigenvalue weighted by Gasteiger charge is -2.30. The normalized spacial score (nSPS) is 20.2. The molecule has 0 fully saturated rings. The predicted octanol–water partition coefficient (Wildman–Crippen LogP) is 4.03. The van der Waals surface area contributed by atoms with Crippen LogP contribution < -0.4 is 18.9 Å². The van der Waals surface area contributed by atoms with Crippen LogP contribution in [0, 0.1) is 0 Å². The van der Waals surface area contributed by atoms with Crippen molar-refractivity contribution < 1.29 is 33.4 Å². The second-order valence-corrected chi connectivity index (χ2v) is 13.3. The van der Waals surface area contributed by atoms with Crippen LogP contribution in [-0.4, -0.2) is 56.4 Å². The summed E-state index contributed by atoms with van der Waals surface area (Å²) in [5, 5.41) is 20.9. The summed E-state index contributed by atoms with van der Waals surface area (Å²) in [4.78, 5) is 17.3. The number of carbonyl (C=O) groups is 1. The molecule has 2 aromatic rings. The van der Waals surface area contributed by atoms with Gasteiger partial charge in [-0.25, -0.2) is 13.9 Å². The van der Waals surface area contributed by atoms with Crippen LogP contribution in [0.3, 0.4) is 0 Å². The van der Waals surface area contributed by atoms with Crippen LogP contribution >= 0.6 is 11.6 Å². The Hall–Kier alpha value is -2.24. The highest BCUT2D eigenvalue weighted by Gasteiger charge is 2.42. The van der Waals surface area contributed by atoms with Gasteiger partial charge in [-0.05, 0) is 72.2 Å². The molecule has 9 nitrogen and oxygen atoms in total. The first kappa shape index (κ1) is 30.3. The number of aliphatic hydroxyl groups is 2. The topological polar surface area (TPSA) is 127 Å². The van der Waals surface area contributed by atoms with Gasteiger partial charge >= 0.3 is 0 Å². The van der Waals surface area contributed by atoms with Gasteiger partial charge in [0.25, 0.3) is 0 Å². The zero-order chi connectivity index (χ0) is 28.5. The highest BCUT2D eigenvalue weighted by molar-refractivity contribution is 7.84. The molecule has 0 radical (unpaired) electrons. The van der Waals surface area contributed by atoms with Gasteiger partial charge in [0.2, 0.25) is 0 Å². The first-order valence-corrected chi connectivity index (χ1v) is 13.9. The minimum Gasteiger partial charge on any atom is -0.493 e. The van der Waals surface area contributed by atoms with Crippen LogP contribution in [0.25, 0.3) is 0 Å². The van der Waals surface area contributed by atoms with Gasteiger partial charge in [-0.2, -0.15) is 0 Å². The SMILES string of the molecule is COc1cc(C(=O)CCC(C)(O)c2cc3c(c(Cl)n2)OCC3(C)NS(=O)C(C)(C)C)ccc1OCC(C)O. The van der Waals surface area contributed by atoms with Gasteiger partial charge in [-0.1, -0.05) is 11.6 Å². The molecule has 3 rings (SSSR count). The number of methoxy groups -OCH3 is 1. The first-order chi connectivity index (χ1) is 17.6. The lowest BCUT2D eigenvalue weighted by atomic mass is 9.89. The molecule has 11 heteroatoms. The molecule has 1 aromatic heterocycles. The van der Waals surface area contributed by atoms with Crippen LogP contribution in [0.4, 0.5) is 0 Å². The molecule has 0 saturated heterocycles. The minimum absolute atomic E-state index is 0.0282. The summed E-state index contributed by atoms with van der Waals surface area (Å²) >= 11 is 6.43. The molecule has 210 valence electrons. The number of fused-ring (bicyclic) bond motifs is 1. The van der Waals surface area contributed by atoms with Gasteiger partial charge in [-0.15, -0.1) is 0 Å². The van der Waals surface area contributed by atoms with Gasteiger partial charge in [0.15, 0.2) is 28.2 Å². The fourth-order valence-corrected chi connectivity index (χ4v) is 4.99. The molecule has 1 aliphatic heterocycles. The molecular weight excluding hydrogens is 532 g/mol. The molecular formula is C27H37ClN2O7S. The van der Waals surface area contributed by atoms with Crippen LogP contribution in [0.1, 0.15) is 76.0 Å². The molecule has 0 bridgehead atoms. The van der Waals surface area contributed by atoms with Crippen molar-refractivity contribution in [3.63, 3.8) is 0 Å². The fraction of sp³-hybridized carbons (Fsp3) is 0.556. The highest BCUT2D eigenvalue weighted by atomic mass is 35.5. The van der Waals surface area contributed by atoms with Gasteiger partial charge < -0.3 is 24.4 Å². The number of nitrogens with zero attached hydrogens (tertiary/aromatic N) is 1. The molecule has 1 aliphatic rings. The quantitative estimate of drug-likeness (QED) is 0.274. The molecule has 3 N–H and O–H groups in total. The maximum absolute atomic E-state index is 13.0. The van der Waals surface area contributed by atoms with Crippen molar-refractivity contribution in [2.45, 2.75) is 76.4 Å². The summed E-state index contributed by atoms with van der Waals surface area (Å²) in [5.74, 6) is 0.969. The van der Waals surface area contributed by atoms with Crippen molar-refractivity contribution in [3.8, 4) is 17.2 Å². The summed E-state index contributed by atoms with van der Waals surface area (Å²) in [7, 11) is 0.0887. The van der Waals surface area contributed by atoms with Crippen molar-refractivity contribution in [1.82, 2.24) is 9.71 Å². The van der Waals surface area contributed by atoms with Crippen LogP contribution in [0.15, 0.2) is 24.3 Å². The Morgan fingerprint density at radius 3 is 2.58 bits per heavy atom. The van der Waals surface area contributed by atoms with Crippen LogP contribution in [-0.2, 0) is 22.1 Å². The fourth-order valence-electron chi connectivity index (χ4n) is 3.86. The van der Waals surface area contributed by atoms with E-state index in [1.807, 2.05) is 27.7 Å². The predicted molar refractivity (Wildman–Crippen MR) is 146 cm³/mol. The first-order valence-electron chi connectivity index (χ1n) is 12.4. The molecule has 0 amide bonds. The van der Waals surface area contributed by atoms with Crippen LogP contribution in [0.2, 0.25) is 5.15 Å². The number of benzene rings is 1. The molecule has 38 heavy (non-hydrogen) atoms. The highest BCUT2D eigenvalue weighted by Crippen LogP contribution is 2.43. The van der Waals surface area contributed by atoms with Gasteiger partial charge in [0.1, 0.15) is 18.8 Å². The number of ether oxygens (including phenoxy) is 3. The van der Waals surface area contributed by atoms with E-state index in [1.54, 1.807) is 38.1 Å². The summed E-state index contributed by atoms with van der Waals surface area (Å²) in [6, 6.07) is 6.50. The second kappa shape index (κ2) is 11.5. The second-order valence-electron chi connectivity index (χ2n) is 11.0. The Bertz CT molecular complexity index is 1210. The number of hydrogen-bond acceptors (Lipinski definition) is 8. The lowest BCUT2D eigenvalue weighted by Crippen LogP contribution is -2.47. The van der Waals surface area contributed by atoms with Crippen molar-refractivity contribution in [1.29, 1.82) is 0 Å².